The summed E-state index contributed by atoms with van der Waals surface area (Å²) in [5.41, 5.74) is 1.84. The number of amides is 2. The number of carbonyl (C=O) groups is 2. The zero-order valence-electron chi connectivity index (χ0n) is 25.4. The molecular weight excluding hydrogens is 577 g/mol. The Morgan fingerprint density at radius 2 is 1.36 bits per heavy atom. The number of para-hydroxylation sites is 1. The van der Waals surface area contributed by atoms with Gasteiger partial charge in [-0.3, -0.25) is 13.9 Å². The molecule has 230 valence electrons. The van der Waals surface area contributed by atoms with Gasteiger partial charge in [0.1, 0.15) is 18.4 Å². The maximum absolute atomic E-state index is 14.5. The molecule has 0 spiro atoms. The van der Waals surface area contributed by atoms with Gasteiger partial charge in [0, 0.05) is 18.5 Å². The van der Waals surface area contributed by atoms with Crippen LogP contribution >= 0.6 is 0 Å². The lowest BCUT2D eigenvalue weighted by molar-refractivity contribution is -0.140. The molecule has 0 saturated heterocycles. The average molecular weight is 616 g/mol. The molecular formula is C35H38FN3O4S. The number of carbonyl (C=O) groups excluding carboxylic acids is 2. The minimum atomic E-state index is -4.18. The van der Waals surface area contributed by atoms with E-state index in [1.807, 2.05) is 51.1 Å². The van der Waals surface area contributed by atoms with Crippen LogP contribution in [0.25, 0.3) is 0 Å². The van der Waals surface area contributed by atoms with Gasteiger partial charge in [-0.05, 0) is 74.7 Å². The molecule has 0 heterocycles. The first-order chi connectivity index (χ1) is 20.8. The Balaban J connectivity index is 1.82. The van der Waals surface area contributed by atoms with Crippen LogP contribution in [-0.4, -0.2) is 43.3 Å². The Labute approximate surface area is 259 Å². The fourth-order valence-electron chi connectivity index (χ4n) is 4.87. The predicted octanol–water partition coefficient (Wildman–Crippen LogP) is 5.88. The van der Waals surface area contributed by atoms with Crippen molar-refractivity contribution in [3.05, 3.63) is 132 Å². The van der Waals surface area contributed by atoms with E-state index in [-0.39, 0.29) is 23.8 Å². The van der Waals surface area contributed by atoms with E-state index in [2.05, 4.69) is 5.32 Å². The van der Waals surface area contributed by atoms with Crippen LogP contribution in [0.5, 0.6) is 0 Å². The first-order valence-corrected chi connectivity index (χ1v) is 15.8. The zero-order chi connectivity index (χ0) is 31.9. The predicted molar refractivity (Wildman–Crippen MR) is 171 cm³/mol. The highest BCUT2D eigenvalue weighted by molar-refractivity contribution is 7.92. The number of anilines is 1. The van der Waals surface area contributed by atoms with E-state index in [4.69, 9.17) is 0 Å². The van der Waals surface area contributed by atoms with E-state index in [9.17, 15) is 22.4 Å². The summed E-state index contributed by atoms with van der Waals surface area (Å²) in [5.74, 6) is -1.40. The van der Waals surface area contributed by atoms with Crippen molar-refractivity contribution in [1.82, 2.24) is 10.2 Å². The molecule has 0 aromatic heterocycles. The summed E-state index contributed by atoms with van der Waals surface area (Å²) in [6.45, 7) is 6.73. The molecule has 0 radical (unpaired) electrons. The van der Waals surface area contributed by atoms with Gasteiger partial charge in [-0.1, -0.05) is 78.9 Å². The van der Waals surface area contributed by atoms with Crippen molar-refractivity contribution in [2.75, 3.05) is 10.8 Å². The topological polar surface area (TPSA) is 86.8 Å². The summed E-state index contributed by atoms with van der Waals surface area (Å²) in [4.78, 5) is 29.8. The number of nitrogens with zero attached hydrogens (tertiary/aromatic N) is 2. The minimum absolute atomic E-state index is 0.0347. The molecule has 4 aromatic rings. The van der Waals surface area contributed by atoms with Crippen molar-refractivity contribution in [2.45, 2.75) is 57.1 Å². The number of rotatable bonds is 11. The Hall–Kier alpha value is -4.50. The number of hydrogen-bond donors (Lipinski definition) is 1. The Kier molecular flexibility index (Phi) is 10.2. The highest BCUT2D eigenvalue weighted by atomic mass is 32.2. The van der Waals surface area contributed by atoms with E-state index in [1.54, 1.807) is 61.5 Å². The molecule has 4 aromatic carbocycles. The van der Waals surface area contributed by atoms with Crippen molar-refractivity contribution >= 4 is 27.5 Å². The Morgan fingerprint density at radius 3 is 1.95 bits per heavy atom. The maximum atomic E-state index is 14.5. The normalized spacial score (nSPS) is 12.3. The van der Waals surface area contributed by atoms with Crippen molar-refractivity contribution in [3.8, 4) is 0 Å². The van der Waals surface area contributed by atoms with E-state index < -0.39 is 39.9 Å². The van der Waals surface area contributed by atoms with Gasteiger partial charge >= 0.3 is 0 Å². The quantitative estimate of drug-likeness (QED) is 0.228. The monoisotopic (exact) mass is 615 g/mol. The highest BCUT2D eigenvalue weighted by Gasteiger charge is 2.35. The summed E-state index contributed by atoms with van der Waals surface area (Å²) in [6, 6.07) is 28.9. The molecule has 4 rings (SSSR count). The molecule has 0 bridgehead atoms. The van der Waals surface area contributed by atoms with Crippen LogP contribution in [0.3, 0.4) is 0 Å². The third-order valence-electron chi connectivity index (χ3n) is 7.03. The number of sulfonamides is 1. The van der Waals surface area contributed by atoms with E-state index in [0.717, 1.165) is 9.87 Å². The third-order valence-corrected chi connectivity index (χ3v) is 8.80. The third kappa shape index (κ3) is 8.32. The van der Waals surface area contributed by atoms with Gasteiger partial charge in [0.15, 0.2) is 0 Å². The highest BCUT2D eigenvalue weighted by Crippen LogP contribution is 2.27. The SMILES string of the molecule is Cc1ccccc1N(CC(=O)N(Cc1ccc(F)cc1)[C@@H](Cc1ccccc1)C(=O)NC(C)(C)C)S(=O)(=O)c1ccccc1. The van der Waals surface area contributed by atoms with Gasteiger partial charge in [-0.15, -0.1) is 0 Å². The van der Waals surface area contributed by atoms with Crippen LogP contribution < -0.4 is 9.62 Å². The van der Waals surface area contributed by atoms with Crippen molar-refractivity contribution in [1.29, 1.82) is 0 Å². The Morgan fingerprint density at radius 1 is 0.795 bits per heavy atom. The van der Waals surface area contributed by atoms with E-state index in [0.29, 0.717) is 16.8 Å². The lowest BCUT2D eigenvalue weighted by atomic mass is 10.0. The fraction of sp³-hybridized carbons (Fsp3) is 0.257. The molecule has 1 N–H and O–H groups in total. The molecule has 0 fully saturated rings. The smallest absolute Gasteiger partial charge is 0.264 e. The lowest BCUT2D eigenvalue weighted by Gasteiger charge is -2.35. The second-order valence-corrected chi connectivity index (χ2v) is 13.6. The second kappa shape index (κ2) is 13.9. The summed E-state index contributed by atoms with van der Waals surface area (Å²) >= 11 is 0. The summed E-state index contributed by atoms with van der Waals surface area (Å²) < 4.78 is 43.0. The van der Waals surface area contributed by atoms with Crippen LogP contribution in [0.15, 0.2) is 114 Å². The fourth-order valence-corrected chi connectivity index (χ4v) is 6.37. The Bertz CT molecular complexity index is 1670. The minimum Gasteiger partial charge on any atom is -0.350 e. The lowest BCUT2D eigenvalue weighted by Crippen LogP contribution is -2.56. The molecule has 9 heteroatoms. The van der Waals surface area contributed by atoms with Crippen LogP contribution in [-0.2, 0) is 32.6 Å². The molecule has 0 aliphatic carbocycles. The van der Waals surface area contributed by atoms with Gasteiger partial charge < -0.3 is 10.2 Å². The summed E-state index contributed by atoms with van der Waals surface area (Å²) in [7, 11) is -4.18. The van der Waals surface area contributed by atoms with Crippen molar-refractivity contribution < 1.29 is 22.4 Å². The van der Waals surface area contributed by atoms with Crippen LogP contribution in [0.4, 0.5) is 10.1 Å². The molecule has 44 heavy (non-hydrogen) atoms. The van der Waals surface area contributed by atoms with Crippen molar-refractivity contribution in [2.24, 2.45) is 0 Å². The average Bonchev–Trinajstić information content (AvgIpc) is 2.99. The van der Waals surface area contributed by atoms with Gasteiger partial charge in [0.2, 0.25) is 11.8 Å². The first-order valence-electron chi connectivity index (χ1n) is 14.4. The van der Waals surface area contributed by atoms with E-state index in [1.165, 1.54) is 29.2 Å². The van der Waals surface area contributed by atoms with E-state index >= 15 is 0 Å². The summed E-state index contributed by atoms with van der Waals surface area (Å²) in [5, 5.41) is 3.00. The summed E-state index contributed by atoms with van der Waals surface area (Å²) in [6.07, 6.45) is 0.186. The molecule has 0 saturated carbocycles. The molecule has 1 atom stereocenters. The standard InChI is InChI=1S/C35H38FN3O4S/c1-26-13-11-12-18-31(26)39(44(42,43)30-16-9-6-10-17-30)25-33(40)38(24-28-19-21-29(36)22-20-28)32(34(41)37-35(2,3)4)23-27-14-7-5-8-15-27/h5-22,32H,23-25H2,1-4H3,(H,37,41)/t32-/m0/s1. The molecule has 7 nitrogen and oxygen atoms in total. The maximum Gasteiger partial charge on any atom is 0.264 e. The van der Waals surface area contributed by atoms with Gasteiger partial charge in [-0.2, -0.15) is 0 Å². The van der Waals surface area contributed by atoms with Gasteiger partial charge in [0.05, 0.1) is 10.6 Å². The number of nitrogens with one attached hydrogen (secondary N) is 1. The molecule has 0 aliphatic rings. The second-order valence-electron chi connectivity index (χ2n) is 11.7. The molecule has 0 unspecified atom stereocenters. The zero-order valence-corrected chi connectivity index (χ0v) is 26.2. The largest absolute Gasteiger partial charge is 0.350 e. The van der Waals surface area contributed by atoms with Crippen LogP contribution in [0.1, 0.15) is 37.5 Å². The number of benzene rings is 4. The molecule has 2 amide bonds. The first kappa shape index (κ1) is 32.4. The molecule has 0 aliphatic heterocycles. The van der Waals surface area contributed by atoms with Crippen LogP contribution in [0, 0.1) is 12.7 Å². The van der Waals surface area contributed by atoms with Crippen molar-refractivity contribution in [3.63, 3.8) is 0 Å². The van der Waals surface area contributed by atoms with Crippen LogP contribution in [0.2, 0.25) is 0 Å². The van der Waals surface area contributed by atoms with Gasteiger partial charge in [0.25, 0.3) is 10.0 Å². The number of hydrogen-bond acceptors (Lipinski definition) is 4. The number of halogens is 1. The number of aryl methyl sites for hydroxylation is 1. The van der Waals surface area contributed by atoms with Gasteiger partial charge in [-0.25, -0.2) is 12.8 Å².